The maximum Gasteiger partial charge on any atom is 0.273 e. The van der Waals surface area contributed by atoms with Crippen LogP contribution in [-0.4, -0.2) is 24.7 Å². The van der Waals surface area contributed by atoms with E-state index in [0.717, 1.165) is 16.6 Å². The highest BCUT2D eigenvalue weighted by atomic mass is 16.5. The number of H-pyrrole nitrogens is 1. The van der Waals surface area contributed by atoms with Crippen molar-refractivity contribution in [2.45, 2.75) is 13.8 Å². The third-order valence-corrected chi connectivity index (χ3v) is 4.30. The maximum absolute atomic E-state index is 12.5. The van der Waals surface area contributed by atoms with Crippen molar-refractivity contribution in [1.29, 1.82) is 0 Å². The molecule has 0 saturated carbocycles. The topological polar surface area (TPSA) is 102 Å². The number of aromatic amines is 1. The Morgan fingerprint density at radius 3 is 2.88 bits per heavy atom. The molecule has 0 saturated heterocycles. The van der Waals surface area contributed by atoms with E-state index in [1.165, 1.54) is 10.6 Å². The van der Waals surface area contributed by atoms with Crippen molar-refractivity contribution in [1.82, 2.24) is 24.7 Å². The molecule has 0 amide bonds. The lowest BCUT2D eigenvalue weighted by molar-refractivity contribution is 0.450. The van der Waals surface area contributed by atoms with E-state index in [0.29, 0.717) is 34.1 Å². The summed E-state index contributed by atoms with van der Waals surface area (Å²) in [5.74, 6) is 1.10. The van der Waals surface area contributed by atoms with Gasteiger partial charge in [0.15, 0.2) is 11.2 Å². The minimum absolute atomic E-state index is 0.221. The van der Waals surface area contributed by atoms with Crippen molar-refractivity contribution in [3.8, 4) is 22.7 Å². The smallest absolute Gasteiger partial charge is 0.273 e. The number of hydrogen-bond acceptors (Lipinski definition) is 6. The minimum Gasteiger partial charge on any atom is -0.441 e. The van der Waals surface area contributed by atoms with Crippen molar-refractivity contribution < 1.29 is 8.94 Å². The summed E-state index contributed by atoms with van der Waals surface area (Å²) >= 11 is 0. The lowest BCUT2D eigenvalue weighted by atomic mass is 10.1. The highest BCUT2D eigenvalue weighted by molar-refractivity contribution is 5.85. The first-order chi connectivity index (χ1) is 12.6. The fourth-order valence-corrected chi connectivity index (χ4v) is 2.98. The summed E-state index contributed by atoms with van der Waals surface area (Å²) in [6, 6.07) is 7.08. The Labute approximate surface area is 146 Å². The molecular formula is C18H13N5O3. The van der Waals surface area contributed by atoms with Crippen LogP contribution in [0.25, 0.3) is 39.3 Å². The van der Waals surface area contributed by atoms with Gasteiger partial charge in [0.1, 0.15) is 5.76 Å². The molecule has 4 heterocycles. The van der Waals surface area contributed by atoms with E-state index in [1.54, 1.807) is 12.4 Å². The zero-order chi connectivity index (χ0) is 17.8. The van der Waals surface area contributed by atoms with Crippen LogP contribution in [0.4, 0.5) is 0 Å². The Kier molecular flexibility index (Phi) is 2.90. The number of fused-ring (bicyclic) bond motifs is 2. The van der Waals surface area contributed by atoms with Gasteiger partial charge in [-0.3, -0.25) is 9.89 Å². The van der Waals surface area contributed by atoms with Gasteiger partial charge in [-0.2, -0.15) is 0 Å². The lowest BCUT2D eigenvalue weighted by Gasteiger charge is -2.02. The number of aromatic nitrogens is 5. The number of aryl methyl sites for hydroxylation is 2. The summed E-state index contributed by atoms with van der Waals surface area (Å²) in [7, 11) is 0. The summed E-state index contributed by atoms with van der Waals surface area (Å²) in [4.78, 5) is 21.4. The van der Waals surface area contributed by atoms with Gasteiger partial charge < -0.3 is 8.94 Å². The van der Waals surface area contributed by atoms with Gasteiger partial charge in [-0.15, -0.1) is 0 Å². The highest BCUT2D eigenvalue weighted by Crippen LogP contribution is 2.27. The minimum atomic E-state index is -0.221. The number of nitrogens with zero attached hydrogens (tertiary/aromatic N) is 4. The molecule has 0 aliphatic heterocycles. The lowest BCUT2D eigenvalue weighted by Crippen LogP contribution is -2.14. The van der Waals surface area contributed by atoms with E-state index < -0.39 is 0 Å². The molecule has 26 heavy (non-hydrogen) atoms. The molecular weight excluding hydrogens is 334 g/mol. The first-order valence-corrected chi connectivity index (χ1v) is 8.00. The highest BCUT2D eigenvalue weighted by Gasteiger charge is 2.16. The van der Waals surface area contributed by atoms with Gasteiger partial charge in [0, 0.05) is 23.2 Å². The molecule has 8 nitrogen and oxygen atoms in total. The number of rotatable bonds is 2. The Balaban J connectivity index is 1.75. The van der Waals surface area contributed by atoms with E-state index in [9.17, 15) is 4.79 Å². The second kappa shape index (κ2) is 5.16. The van der Waals surface area contributed by atoms with Gasteiger partial charge in [-0.25, -0.2) is 14.5 Å². The van der Waals surface area contributed by atoms with E-state index in [2.05, 4.69) is 20.2 Å². The molecule has 1 aromatic carbocycles. The number of hydrogen-bond donors (Lipinski definition) is 1. The van der Waals surface area contributed by atoms with Crippen LogP contribution in [0.5, 0.6) is 0 Å². The van der Waals surface area contributed by atoms with Gasteiger partial charge >= 0.3 is 0 Å². The van der Waals surface area contributed by atoms with Crippen LogP contribution in [0.2, 0.25) is 0 Å². The van der Waals surface area contributed by atoms with Gasteiger partial charge in [0.25, 0.3) is 5.56 Å². The molecule has 4 aromatic heterocycles. The molecule has 0 atom stereocenters. The quantitative estimate of drug-likeness (QED) is 0.526. The molecule has 1 N–H and O–H groups in total. The molecule has 0 spiro atoms. The van der Waals surface area contributed by atoms with E-state index >= 15 is 0 Å². The molecule has 0 bridgehead atoms. The zero-order valence-corrected chi connectivity index (χ0v) is 14.0. The van der Waals surface area contributed by atoms with Crippen LogP contribution in [-0.2, 0) is 0 Å². The maximum atomic E-state index is 12.5. The summed E-state index contributed by atoms with van der Waals surface area (Å²) in [6.45, 7) is 3.68. The molecule has 128 valence electrons. The second-order valence-electron chi connectivity index (χ2n) is 6.08. The predicted octanol–water partition coefficient (Wildman–Crippen LogP) is 3.10. The molecule has 0 unspecified atom stereocenters. The Morgan fingerprint density at radius 2 is 2.08 bits per heavy atom. The average molecular weight is 347 g/mol. The van der Waals surface area contributed by atoms with Crippen molar-refractivity contribution in [2.24, 2.45) is 0 Å². The van der Waals surface area contributed by atoms with Gasteiger partial charge in [-0.1, -0.05) is 5.16 Å². The standard InChI is InChI=1S/C18H13N5O3/c1-9-7-19-18(25-9)13-8-20-23-16(24)6-14(21-17(13)23)11-3-4-15-12(5-11)10(2)22-26-15/h3-8,20H,1-2H3. The van der Waals surface area contributed by atoms with Crippen LogP contribution in [0, 0.1) is 13.8 Å². The van der Waals surface area contributed by atoms with Gasteiger partial charge in [0.2, 0.25) is 5.89 Å². The molecule has 5 rings (SSSR count). The van der Waals surface area contributed by atoms with Crippen molar-refractivity contribution in [3.63, 3.8) is 0 Å². The largest absolute Gasteiger partial charge is 0.441 e. The summed E-state index contributed by atoms with van der Waals surface area (Å²) in [6.07, 6.45) is 3.29. The SMILES string of the molecule is Cc1cnc(-c2c[nH]n3c(=O)cc(-c4ccc5onc(C)c5c4)nc23)o1. The third kappa shape index (κ3) is 2.08. The Hall–Kier alpha value is -3.68. The van der Waals surface area contributed by atoms with Crippen LogP contribution >= 0.6 is 0 Å². The number of nitrogens with one attached hydrogen (secondary N) is 1. The normalized spacial score (nSPS) is 11.6. The van der Waals surface area contributed by atoms with Crippen molar-refractivity contribution >= 4 is 16.6 Å². The van der Waals surface area contributed by atoms with E-state index in [1.807, 2.05) is 32.0 Å². The Morgan fingerprint density at radius 1 is 1.19 bits per heavy atom. The molecule has 0 radical (unpaired) electrons. The first kappa shape index (κ1) is 14.6. The molecule has 0 aliphatic rings. The Bertz CT molecular complexity index is 1340. The van der Waals surface area contributed by atoms with Crippen molar-refractivity contribution in [3.05, 3.63) is 58.5 Å². The fraction of sp³-hybridized carbons (Fsp3) is 0.111. The first-order valence-electron chi connectivity index (χ1n) is 8.00. The molecule has 5 aromatic rings. The van der Waals surface area contributed by atoms with E-state index in [-0.39, 0.29) is 5.56 Å². The monoisotopic (exact) mass is 347 g/mol. The van der Waals surface area contributed by atoms with Crippen LogP contribution in [0.15, 0.2) is 50.4 Å². The summed E-state index contributed by atoms with van der Waals surface area (Å²) in [5, 5.41) is 7.74. The molecule has 8 heteroatoms. The van der Waals surface area contributed by atoms with Crippen LogP contribution < -0.4 is 5.56 Å². The summed E-state index contributed by atoms with van der Waals surface area (Å²) < 4.78 is 12.2. The third-order valence-electron chi connectivity index (χ3n) is 4.30. The number of benzene rings is 1. The average Bonchev–Trinajstić information content (AvgIpc) is 3.33. The van der Waals surface area contributed by atoms with Crippen molar-refractivity contribution in [2.75, 3.05) is 0 Å². The van der Waals surface area contributed by atoms with Gasteiger partial charge in [-0.05, 0) is 32.0 Å². The zero-order valence-electron chi connectivity index (χ0n) is 14.0. The molecule has 0 aliphatic carbocycles. The van der Waals surface area contributed by atoms with E-state index in [4.69, 9.17) is 8.94 Å². The fourth-order valence-electron chi connectivity index (χ4n) is 2.98. The number of oxazole rings is 1. The second-order valence-corrected chi connectivity index (χ2v) is 6.08. The summed E-state index contributed by atoms with van der Waals surface area (Å²) in [5.41, 5.74) is 3.71. The molecule has 0 fully saturated rings. The van der Waals surface area contributed by atoms with Crippen LogP contribution in [0.1, 0.15) is 11.5 Å². The van der Waals surface area contributed by atoms with Crippen LogP contribution in [0.3, 0.4) is 0 Å². The predicted molar refractivity (Wildman–Crippen MR) is 93.8 cm³/mol. The van der Waals surface area contributed by atoms with Gasteiger partial charge in [0.05, 0.1) is 23.1 Å².